The summed E-state index contributed by atoms with van der Waals surface area (Å²) in [5, 5.41) is 8.12. The van der Waals surface area contributed by atoms with Gasteiger partial charge in [-0.05, 0) is 36.4 Å². The van der Waals surface area contributed by atoms with Crippen LogP contribution in [0.15, 0.2) is 22.2 Å². The van der Waals surface area contributed by atoms with E-state index < -0.39 is 11.6 Å². The van der Waals surface area contributed by atoms with Gasteiger partial charge in [-0.1, -0.05) is 0 Å². The van der Waals surface area contributed by atoms with Crippen molar-refractivity contribution in [2.45, 2.75) is 23.5 Å². The molecule has 0 aliphatic heterocycles. The van der Waals surface area contributed by atoms with Crippen LogP contribution in [0.1, 0.15) is 11.4 Å². The number of hydrogen-bond donors (Lipinski definition) is 1. The second-order valence-corrected chi connectivity index (χ2v) is 4.76. The Morgan fingerprint density at radius 1 is 1.28 bits per heavy atom. The first-order chi connectivity index (χ1) is 8.52. The Morgan fingerprint density at radius 2 is 1.89 bits per heavy atom. The molecular weight excluding hydrogens is 258 g/mol. The zero-order valence-electron chi connectivity index (χ0n) is 9.94. The van der Waals surface area contributed by atoms with Gasteiger partial charge in [-0.25, -0.2) is 8.78 Å². The molecule has 0 amide bonds. The molecule has 0 bridgehead atoms. The SMILES string of the molecule is Cc1nnc(Sc2c(F)cc(CN)cc2F)n1C. The minimum atomic E-state index is -0.638. The normalized spacial score (nSPS) is 10.9. The van der Waals surface area contributed by atoms with Gasteiger partial charge in [0.05, 0.1) is 4.90 Å². The second-order valence-electron chi connectivity index (χ2n) is 3.78. The summed E-state index contributed by atoms with van der Waals surface area (Å²) in [4.78, 5) is -0.0947. The summed E-state index contributed by atoms with van der Waals surface area (Å²) in [7, 11) is 1.74. The number of rotatable bonds is 3. The fourth-order valence-electron chi connectivity index (χ4n) is 1.40. The van der Waals surface area contributed by atoms with Crippen molar-refractivity contribution >= 4 is 11.8 Å². The molecule has 0 aliphatic rings. The van der Waals surface area contributed by atoms with Crippen molar-refractivity contribution in [3.8, 4) is 0 Å². The van der Waals surface area contributed by atoms with E-state index in [2.05, 4.69) is 10.2 Å². The van der Waals surface area contributed by atoms with Gasteiger partial charge in [0.2, 0.25) is 0 Å². The van der Waals surface area contributed by atoms with E-state index in [-0.39, 0.29) is 11.4 Å². The van der Waals surface area contributed by atoms with Crippen molar-refractivity contribution in [2.75, 3.05) is 0 Å². The molecule has 2 rings (SSSR count). The zero-order valence-corrected chi connectivity index (χ0v) is 10.8. The highest BCUT2D eigenvalue weighted by Gasteiger charge is 2.15. The average Bonchev–Trinajstić information content (AvgIpc) is 2.65. The van der Waals surface area contributed by atoms with Crippen LogP contribution >= 0.6 is 11.8 Å². The molecule has 2 aromatic rings. The molecule has 2 N–H and O–H groups in total. The molecule has 0 atom stereocenters. The summed E-state index contributed by atoms with van der Waals surface area (Å²) in [6, 6.07) is 2.46. The van der Waals surface area contributed by atoms with E-state index in [4.69, 9.17) is 5.73 Å². The molecule has 1 aromatic heterocycles. The summed E-state index contributed by atoms with van der Waals surface area (Å²) >= 11 is 0.906. The molecule has 0 unspecified atom stereocenters. The molecule has 0 fully saturated rings. The molecule has 1 heterocycles. The Kier molecular flexibility index (Phi) is 3.63. The lowest BCUT2D eigenvalue weighted by molar-refractivity contribution is 0.536. The minimum Gasteiger partial charge on any atom is -0.326 e. The van der Waals surface area contributed by atoms with Crippen LogP contribution in [-0.4, -0.2) is 14.8 Å². The van der Waals surface area contributed by atoms with Gasteiger partial charge >= 0.3 is 0 Å². The molecule has 0 spiro atoms. The third-order valence-electron chi connectivity index (χ3n) is 2.54. The van der Waals surface area contributed by atoms with Gasteiger partial charge in [-0.3, -0.25) is 0 Å². The van der Waals surface area contributed by atoms with Crippen LogP contribution in [0.3, 0.4) is 0 Å². The van der Waals surface area contributed by atoms with Crippen molar-refractivity contribution in [2.24, 2.45) is 12.8 Å². The summed E-state index contributed by atoms with van der Waals surface area (Å²) in [6.07, 6.45) is 0. The highest BCUT2D eigenvalue weighted by atomic mass is 32.2. The maximum Gasteiger partial charge on any atom is 0.195 e. The quantitative estimate of drug-likeness (QED) is 0.927. The number of hydrogen-bond acceptors (Lipinski definition) is 4. The predicted molar refractivity (Wildman–Crippen MR) is 64.1 cm³/mol. The fourth-order valence-corrected chi connectivity index (χ4v) is 2.24. The highest BCUT2D eigenvalue weighted by molar-refractivity contribution is 7.99. The first-order valence-electron chi connectivity index (χ1n) is 5.24. The van der Waals surface area contributed by atoms with Gasteiger partial charge in [0.1, 0.15) is 17.5 Å². The van der Waals surface area contributed by atoms with Crippen LogP contribution in [0.4, 0.5) is 8.78 Å². The molecule has 18 heavy (non-hydrogen) atoms. The lowest BCUT2D eigenvalue weighted by atomic mass is 10.2. The Bertz CT molecular complexity index is 559. The van der Waals surface area contributed by atoms with Crippen LogP contribution in [0.2, 0.25) is 0 Å². The van der Waals surface area contributed by atoms with E-state index in [9.17, 15) is 8.78 Å². The van der Waals surface area contributed by atoms with E-state index in [1.54, 1.807) is 18.5 Å². The number of aromatic nitrogens is 3. The van der Waals surface area contributed by atoms with E-state index in [1.807, 2.05) is 0 Å². The van der Waals surface area contributed by atoms with Gasteiger partial charge in [-0.15, -0.1) is 10.2 Å². The lowest BCUT2D eigenvalue weighted by Crippen LogP contribution is -2.00. The number of aryl methyl sites for hydroxylation is 1. The third kappa shape index (κ3) is 2.37. The first kappa shape index (κ1) is 13.0. The molecule has 4 nitrogen and oxygen atoms in total. The van der Waals surface area contributed by atoms with E-state index in [0.717, 1.165) is 11.8 Å². The van der Waals surface area contributed by atoms with E-state index >= 15 is 0 Å². The van der Waals surface area contributed by atoms with Crippen molar-refractivity contribution in [3.05, 3.63) is 35.2 Å². The molecule has 0 radical (unpaired) electrons. The zero-order chi connectivity index (χ0) is 13.3. The topological polar surface area (TPSA) is 56.7 Å². The predicted octanol–water partition coefficient (Wildman–Crippen LogP) is 2.01. The molecule has 1 aromatic carbocycles. The molecule has 7 heteroatoms. The molecule has 96 valence electrons. The fraction of sp³-hybridized carbons (Fsp3) is 0.273. The summed E-state index contributed by atoms with van der Waals surface area (Å²) < 4.78 is 29.2. The average molecular weight is 270 g/mol. The standard InChI is InChI=1S/C11H12F2N4S/c1-6-15-16-11(17(6)2)18-10-8(12)3-7(5-14)4-9(10)13/h3-4H,5,14H2,1-2H3. The van der Waals surface area contributed by atoms with Gasteiger partial charge < -0.3 is 10.3 Å². The molecule has 0 aliphatic carbocycles. The van der Waals surface area contributed by atoms with E-state index in [1.165, 1.54) is 12.1 Å². The van der Waals surface area contributed by atoms with Gasteiger partial charge in [0.25, 0.3) is 0 Å². The summed E-state index contributed by atoms with van der Waals surface area (Å²) in [5.74, 6) is -0.598. The van der Waals surface area contributed by atoms with Crippen molar-refractivity contribution < 1.29 is 8.78 Å². The Labute approximate surface area is 107 Å². The molecule has 0 saturated carbocycles. The highest BCUT2D eigenvalue weighted by Crippen LogP contribution is 2.31. The van der Waals surface area contributed by atoms with Crippen LogP contribution in [0.25, 0.3) is 0 Å². The monoisotopic (exact) mass is 270 g/mol. The summed E-state index contributed by atoms with van der Waals surface area (Å²) in [5.41, 5.74) is 5.77. The van der Waals surface area contributed by atoms with E-state index in [0.29, 0.717) is 16.5 Å². The number of benzene rings is 1. The maximum absolute atomic E-state index is 13.7. The first-order valence-corrected chi connectivity index (χ1v) is 6.06. The van der Waals surface area contributed by atoms with Crippen LogP contribution in [-0.2, 0) is 13.6 Å². The Morgan fingerprint density at radius 3 is 2.33 bits per heavy atom. The summed E-state index contributed by atoms with van der Waals surface area (Å²) in [6.45, 7) is 1.86. The third-order valence-corrected chi connectivity index (χ3v) is 3.67. The van der Waals surface area contributed by atoms with Crippen molar-refractivity contribution in [1.29, 1.82) is 0 Å². The number of halogens is 2. The van der Waals surface area contributed by atoms with Crippen molar-refractivity contribution in [1.82, 2.24) is 14.8 Å². The Balaban J connectivity index is 2.38. The van der Waals surface area contributed by atoms with Crippen LogP contribution in [0.5, 0.6) is 0 Å². The second kappa shape index (κ2) is 5.03. The largest absolute Gasteiger partial charge is 0.326 e. The maximum atomic E-state index is 13.7. The number of nitrogens with zero attached hydrogens (tertiary/aromatic N) is 3. The minimum absolute atomic E-state index is 0.0947. The Hall–Kier alpha value is -1.47. The van der Waals surface area contributed by atoms with Gasteiger partial charge in [0.15, 0.2) is 5.16 Å². The lowest BCUT2D eigenvalue weighted by Gasteiger charge is -2.06. The molecule has 0 saturated heterocycles. The van der Waals surface area contributed by atoms with Gasteiger partial charge in [0, 0.05) is 13.6 Å². The number of nitrogens with two attached hydrogens (primary N) is 1. The van der Waals surface area contributed by atoms with Gasteiger partial charge in [-0.2, -0.15) is 0 Å². The van der Waals surface area contributed by atoms with Crippen molar-refractivity contribution in [3.63, 3.8) is 0 Å². The van der Waals surface area contributed by atoms with Crippen LogP contribution in [0, 0.1) is 18.6 Å². The smallest absolute Gasteiger partial charge is 0.195 e. The molecular formula is C11H12F2N4S. The van der Waals surface area contributed by atoms with Crippen LogP contribution < -0.4 is 5.73 Å².